The molecular formula is C24H30ClN3O3. The number of nitrogens with one attached hydrogen (secondary N) is 2. The largest absolute Gasteiger partial charge is 0.381 e. The van der Waals surface area contributed by atoms with Crippen molar-refractivity contribution in [3.05, 3.63) is 64.7 Å². The van der Waals surface area contributed by atoms with Gasteiger partial charge in [-0.3, -0.25) is 9.69 Å². The molecule has 6 nitrogen and oxygen atoms in total. The molecule has 2 aromatic rings. The number of ether oxygens (including phenoxy) is 2. The third-order valence-corrected chi connectivity index (χ3v) is 6.34. The topological polar surface area (TPSA) is 62.8 Å². The summed E-state index contributed by atoms with van der Waals surface area (Å²) in [4.78, 5) is 15.1. The average molecular weight is 444 g/mol. The van der Waals surface area contributed by atoms with Crippen LogP contribution in [0.25, 0.3) is 0 Å². The van der Waals surface area contributed by atoms with E-state index in [0.717, 1.165) is 70.3 Å². The minimum Gasteiger partial charge on any atom is -0.381 e. The lowest BCUT2D eigenvalue weighted by Crippen LogP contribution is -2.51. The Morgan fingerprint density at radius 1 is 1.10 bits per heavy atom. The van der Waals surface area contributed by atoms with Crippen LogP contribution in [-0.2, 0) is 16.0 Å². The van der Waals surface area contributed by atoms with Gasteiger partial charge in [0.25, 0.3) is 5.91 Å². The van der Waals surface area contributed by atoms with Crippen LogP contribution in [0.3, 0.4) is 0 Å². The maximum Gasteiger partial charge on any atom is 0.257 e. The number of morpholine rings is 1. The average Bonchev–Trinajstić information content (AvgIpc) is 3.32. The van der Waals surface area contributed by atoms with E-state index >= 15 is 0 Å². The van der Waals surface area contributed by atoms with Crippen molar-refractivity contribution >= 4 is 23.2 Å². The Morgan fingerprint density at radius 3 is 2.71 bits per heavy atom. The van der Waals surface area contributed by atoms with Crippen LogP contribution >= 0.6 is 11.6 Å². The Labute approximate surface area is 188 Å². The Hall–Kier alpha value is -1.96. The smallest absolute Gasteiger partial charge is 0.257 e. The van der Waals surface area contributed by atoms with E-state index in [1.54, 1.807) is 18.2 Å². The van der Waals surface area contributed by atoms with E-state index in [9.17, 15) is 4.79 Å². The summed E-state index contributed by atoms with van der Waals surface area (Å²) >= 11 is 6.14. The van der Waals surface area contributed by atoms with Crippen molar-refractivity contribution in [3.8, 4) is 0 Å². The van der Waals surface area contributed by atoms with Crippen LogP contribution in [0.15, 0.2) is 48.5 Å². The summed E-state index contributed by atoms with van der Waals surface area (Å²) in [7, 11) is 0. The van der Waals surface area contributed by atoms with Gasteiger partial charge in [-0.05, 0) is 36.2 Å². The van der Waals surface area contributed by atoms with Crippen molar-refractivity contribution in [2.24, 2.45) is 5.92 Å². The number of nitrogens with zero attached hydrogens (tertiary/aromatic N) is 1. The van der Waals surface area contributed by atoms with Gasteiger partial charge in [0, 0.05) is 50.4 Å². The molecule has 7 heteroatoms. The van der Waals surface area contributed by atoms with Gasteiger partial charge in [-0.1, -0.05) is 35.9 Å². The van der Waals surface area contributed by atoms with Gasteiger partial charge in [0.05, 0.1) is 30.4 Å². The molecule has 2 heterocycles. The fourth-order valence-electron chi connectivity index (χ4n) is 4.33. The monoisotopic (exact) mass is 443 g/mol. The molecule has 1 amide bonds. The minimum absolute atomic E-state index is 0.204. The van der Waals surface area contributed by atoms with Crippen LogP contribution < -0.4 is 10.6 Å². The molecule has 0 aromatic heterocycles. The molecule has 0 spiro atoms. The Balaban J connectivity index is 1.33. The highest BCUT2D eigenvalue weighted by molar-refractivity contribution is 6.34. The van der Waals surface area contributed by atoms with Crippen molar-refractivity contribution in [1.82, 2.24) is 10.2 Å². The third-order valence-electron chi connectivity index (χ3n) is 6.01. The molecule has 166 valence electrons. The molecule has 2 fully saturated rings. The van der Waals surface area contributed by atoms with E-state index in [1.807, 2.05) is 24.3 Å². The summed E-state index contributed by atoms with van der Waals surface area (Å²) < 4.78 is 11.2. The second-order valence-electron chi connectivity index (χ2n) is 8.10. The number of rotatable bonds is 8. The fraction of sp³-hybridized carbons (Fsp3) is 0.458. The molecule has 31 heavy (non-hydrogen) atoms. The highest BCUT2D eigenvalue weighted by Crippen LogP contribution is 2.22. The summed E-state index contributed by atoms with van der Waals surface area (Å²) in [6.45, 7) is 6.91. The highest BCUT2D eigenvalue weighted by Gasteiger charge is 2.31. The quantitative estimate of drug-likeness (QED) is 0.654. The molecule has 2 saturated heterocycles. The normalized spacial score (nSPS) is 20.5. The van der Waals surface area contributed by atoms with Crippen LogP contribution in [0.4, 0.5) is 5.69 Å². The summed E-state index contributed by atoms with van der Waals surface area (Å²) in [5.41, 5.74) is 2.36. The van der Waals surface area contributed by atoms with Crippen molar-refractivity contribution in [3.63, 3.8) is 0 Å². The Bertz CT molecular complexity index is 867. The van der Waals surface area contributed by atoms with Crippen molar-refractivity contribution in [2.45, 2.75) is 19.0 Å². The zero-order valence-corrected chi connectivity index (χ0v) is 18.4. The minimum atomic E-state index is -0.204. The molecule has 2 aliphatic heterocycles. The first kappa shape index (κ1) is 22.2. The SMILES string of the molecule is O=C(Nc1cccc(CNC[C@@H]([C@H]2CCOC2)N2CCOCC2)c1)c1ccccc1Cl. The van der Waals surface area contributed by atoms with Crippen LogP contribution in [0, 0.1) is 5.92 Å². The zero-order valence-electron chi connectivity index (χ0n) is 17.7. The van der Waals surface area contributed by atoms with E-state index in [0.29, 0.717) is 22.5 Å². The number of carbonyl (C=O) groups excluding carboxylic acids is 1. The summed E-state index contributed by atoms with van der Waals surface area (Å²) in [6.07, 6.45) is 1.12. The van der Waals surface area contributed by atoms with Gasteiger partial charge < -0.3 is 20.1 Å². The molecule has 2 aromatic carbocycles. The van der Waals surface area contributed by atoms with Gasteiger partial charge in [0.1, 0.15) is 0 Å². The molecule has 4 rings (SSSR count). The Morgan fingerprint density at radius 2 is 1.94 bits per heavy atom. The lowest BCUT2D eigenvalue weighted by molar-refractivity contribution is 0.00137. The maximum atomic E-state index is 12.5. The summed E-state index contributed by atoms with van der Waals surface area (Å²) in [5.74, 6) is 0.358. The van der Waals surface area contributed by atoms with Crippen LogP contribution in [0.5, 0.6) is 0 Å². The molecule has 2 atom stereocenters. The second-order valence-corrected chi connectivity index (χ2v) is 8.51. The van der Waals surface area contributed by atoms with E-state index in [2.05, 4.69) is 21.6 Å². The lowest BCUT2D eigenvalue weighted by Gasteiger charge is -2.37. The molecule has 0 aliphatic carbocycles. The molecule has 2 N–H and O–H groups in total. The van der Waals surface area contributed by atoms with Crippen molar-refractivity contribution in [2.75, 3.05) is 51.4 Å². The van der Waals surface area contributed by atoms with Crippen molar-refractivity contribution in [1.29, 1.82) is 0 Å². The number of halogens is 1. The van der Waals surface area contributed by atoms with Gasteiger partial charge in [-0.25, -0.2) is 0 Å². The second kappa shape index (κ2) is 11.1. The molecular weight excluding hydrogens is 414 g/mol. The van der Waals surface area contributed by atoms with E-state index in [-0.39, 0.29) is 5.91 Å². The predicted octanol–water partition coefficient (Wildman–Crippen LogP) is 3.42. The maximum absolute atomic E-state index is 12.5. The summed E-state index contributed by atoms with van der Waals surface area (Å²) in [5, 5.41) is 7.02. The van der Waals surface area contributed by atoms with Gasteiger partial charge in [-0.15, -0.1) is 0 Å². The number of anilines is 1. The lowest BCUT2D eigenvalue weighted by atomic mass is 9.96. The van der Waals surface area contributed by atoms with Crippen molar-refractivity contribution < 1.29 is 14.3 Å². The van der Waals surface area contributed by atoms with Gasteiger partial charge in [0.15, 0.2) is 0 Å². The molecule has 0 saturated carbocycles. The molecule has 0 bridgehead atoms. The van der Waals surface area contributed by atoms with Crippen LogP contribution in [0.1, 0.15) is 22.3 Å². The predicted molar refractivity (Wildman–Crippen MR) is 123 cm³/mol. The molecule has 0 unspecified atom stereocenters. The van der Waals surface area contributed by atoms with E-state index in [4.69, 9.17) is 21.1 Å². The third kappa shape index (κ3) is 6.05. The number of carbonyl (C=O) groups is 1. The molecule has 2 aliphatic rings. The first-order valence-electron chi connectivity index (χ1n) is 11.0. The standard InChI is InChI=1S/C24H30ClN3O3/c25-22-7-2-1-6-21(22)24(29)27-20-5-3-4-18(14-20)15-26-16-23(19-8-11-31-17-19)28-9-12-30-13-10-28/h1-7,14,19,23,26H,8-13,15-17H2,(H,27,29)/t19-,23-/m0/s1. The van der Waals surface area contributed by atoms with Crippen LogP contribution in [0.2, 0.25) is 5.02 Å². The first-order chi connectivity index (χ1) is 15.2. The number of hydrogen-bond donors (Lipinski definition) is 2. The van der Waals surface area contributed by atoms with E-state index in [1.165, 1.54) is 0 Å². The van der Waals surface area contributed by atoms with Gasteiger partial charge in [0.2, 0.25) is 0 Å². The van der Waals surface area contributed by atoms with Crippen LogP contribution in [-0.4, -0.2) is 62.9 Å². The number of hydrogen-bond acceptors (Lipinski definition) is 5. The number of amides is 1. The summed E-state index contributed by atoms with van der Waals surface area (Å²) in [6, 6.07) is 15.4. The van der Waals surface area contributed by atoms with E-state index < -0.39 is 0 Å². The highest BCUT2D eigenvalue weighted by atomic mass is 35.5. The van der Waals surface area contributed by atoms with Gasteiger partial charge in [-0.2, -0.15) is 0 Å². The Kier molecular flexibility index (Phi) is 7.94. The fourth-order valence-corrected chi connectivity index (χ4v) is 4.55. The zero-order chi connectivity index (χ0) is 21.5. The molecule has 0 radical (unpaired) electrons. The first-order valence-corrected chi connectivity index (χ1v) is 11.3. The van der Waals surface area contributed by atoms with Gasteiger partial charge >= 0.3 is 0 Å². The number of benzene rings is 2.